The molecule has 0 aliphatic rings. The smallest absolute Gasteiger partial charge is 0.212 e. The summed E-state index contributed by atoms with van der Waals surface area (Å²) in [7, 11) is 0. The highest BCUT2D eigenvalue weighted by Crippen LogP contribution is 2.34. The number of aliphatic hydroxyl groups is 3. The number of aliphatic hydroxyl groups excluding tert-OH is 1. The van der Waals surface area contributed by atoms with E-state index in [-0.39, 0.29) is 19.3 Å². The van der Waals surface area contributed by atoms with Crippen molar-refractivity contribution in [3.63, 3.8) is 0 Å². The van der Waals surface area contributed by atoms with E-state index in [4.69, 9.17) is 0 Å². The van der Waals surface area contributed by atoms with Gasteiger partial charge in [-0.05, 0) is 44.9 Å². The summed E-state index contributed by atoms with van der Waals surface area (Å²) < 4.78 is 0. The fourth-order valence-electron chi connectivity index (χ4n) is 8.68. The Balaban J connectivity index is 4.79. The molecule has 0 radical (unpaired) electrons. The fourth-order valence-corrected chi connectivity index (χ4v) is 8.68. The van der Waals surface area contributed by atoms with Crippen LogP contribution in [0, 0.1) is 0 Å². The van der Waals surface area contributed by atoms with Crippen LogP contribution in [-0.4, -0.2) is 44.7 Å². The van der Waals surface area contributed by atoms with Crippen LogP contribution >= 0.6 is 0 Å². The van der Waals surface area contributed by atoms with Gasteiger partial charge in [-0.15, -0.1) is 0 Å². The molecule has 0 aliphatic heterocycles. The van der Waals surface area contributed by atoms with Crippen LogP contribution in [0.5, 0.6) is 0 Å². The molecule has 1 unspecified atom stereocenters. The van der Waals surface area contributed by atoms with Crippen LogP contribution in [0.1, 0.15) is 297 Å². The van der Waals surface area contributed by atoms with E-state index < -0.39 is 29.4 Å². The number of allylic oxidation sites excluding steroid dienone is 2. The van der Waals surface area contributed by atoms with Crippen molar-refractivity contribution in [1.29, 1.82) is 0 Å². The van der Waals surface area contributed by atoms with E-state index >= 15 is 0 Å². The summed E-state index contributed by atoms with van der Waals surface area (Å²) in [6.45, 7) is 5.99. The predicted molar refractivity (Wildman–Crippen MR) is 252 cm³/mol. The predicted octanol–water partition coefficient (Wildman–Crippen LogP) is 16.0. The lowest BCUT2D eigenvalue weighted by Crippen LogP contribution is -2.66. The van der Waals surface area contributed by atoms with Gasteiger partial charge in [0.15, 0.2) is 11.6 Å². The van der Waals surface area contributed by atoms with Crippen molar-refractivity contribution in [3.05, 3.63) is 12.2 Å². The number of carbonyl (C=O) groups excluding carboxylic acids is 2. The SMILES string of the molecule is CCCCCCCC/C=C\CCCCCCCCC(O)(CO)C(O)(C(=O)CCCCCCCCCCCCCCC)C(=O)CCCCCCCCCCCCCCC. The van der Waals surface area contributed by atoms with E-state index in [1.165, 1.54) is 167 Å². The van der Waals surface area contributed by atoms with Crippen molar-refractivity contribution >= 4 is 11.6 Å². The maximum atomic E-state index is 13.8. The first-order chi connectivity index (χ1) is 28.3. The topological polar surface area (TPSA) is 94.8 Å². The first-order valence-corrected chi connectivity index (χ1v) is 26.1. The fraction of sp³-hybridized carbons (Fsp3) is 0.925. The Morgan fingerprint density at radius 2 is 0.603 bits per heavy atom. The van der Waals surface area contributed by atoms with Crippen molar-refractivity contribution in [2.75, 3.05) is 6.61 Å². The van der Waals surface area contributed by atoms with Gasteiger partial charge in [0.1, 0.15) is 5.60 Å². The molecule has 58 heavy (non-hydrogen) atoms. The molecule has 0 bridgehead atoms. The standard InChI is InChI=1S/C53H102O5/c1-4-7-10-13-16-19-22-25-26-27-30-33-36-39-42-45-48-52(57,49-54)53(58,50(55)46-43-40-37-34-31-28-23-20-17-14-11-8-5-2)51(56)47-44-41-38-35-32-29-24-21-18-15-12-9-6-3/h25-26,54,57-58H,4-24,27-49H2,1-3H3/b26-25-. The first kappa shape index (κ1) is 57.0. The number of Topliss-reactive ketones (excluding diaryl/α,β-unsaturated/α-hetero) is 2. The van der Waals surface area contributed by atoms with Gasteiger partial charge in [-0.1, -0.05) is 251 Å². The Bertz CT molecular complexity index is 872. The summed E-state index contributed by atoms with van der Waals surface area (Å²) in [5, 5.41) is 34.2. The summed E-state index contributed by atoms with van der Waals surface area (Å²) in [6.07, 6.45) is 52.0. The number of unbranched alkanes of at least 4 members (excludes halogenated alkanes) is 36. The van der Waals surface area contributed by atoms with E-state index in [0.717, 1.165) is 70.6 Å². The number of ketones is 2. The van der Waals surface area contributed by atoms with Crippen LogP contribution in [-0.2, 0) is 9.59 Å². The zero-order valence-electron chi connectivity index (χ0n) is 39.4. The molecule has 1 atom stereocenters. The van der Waals surface area contributed by atoms with Crippen molar-refractivity contribution in [2.24, 2.45) is 0 Å². The molecule has 3 N–H and O–H groups in total. The lowest BCUT2D eigenvalue weighted by Gasteiger charge is -2.40. The van der Waals surface area contributed by atoms with Crippen LogP contribution in [0.3, 0.4) is 0 Å². The summed E-state index contributed by atoms with van der Waals surface area (Å²) in [4.78, 5) is 27.5. The zero-order valence-corrected chi connectivity index (χ0v) is 39.4. The zero-order chi connectivity index (χ0) is 42.7. The minimum Gasteiger partial charge on any atom is -0.393 e. The Morgan fingerprint density at radius 1 is 0.362 bits per heavy atom. The molecule has 0 saturated heterocycles. The van der Waals surface area contributed by atoms with Gasteiger partial charge in [0.25, 0.3) is 0 Å². The van der Waals surface area contributed by atoms with E-state index in [1.807, 2.05) is 0 Å². The van der Waals surface area contributed by atoms with Crippen LogP contribution < -0.4 is 0 Å². The molecule has 0 aromatic rings. The number of hydrogen-bond donors (Lipinski definition) is 3. The summed E-state index contributed by atoms with van der Waals surface area (Å²) >= 11 is 0. The van der Waals surface area contributed by atoms with E-state index in [1.54, 1.807) is 0 Å². The average Bonchev–Trinajstić information content (AvgIpc) is 3.23. The third kappa shape index (κ3) is 30.9. The number of rotatable bonds is 48. The van der Waals surface area contributed by atoms with Gasteiger partial charge in [0.05, 0.1) is 6.61 Å². The van der Waals surface area contributed by atoms with Gasteiger partial charge in [0.2, 0.25) is 5.60 Å². The molecule has 0 aromatic carbocycles. The molecule has 0 aromatic heterocycles. The second-order valence-corrected chi connectivity index (χ2v) is 18.4. The normalized spacial score (nSPS) is 13.1. The van der Waals surface area contributed by atoms with Gasteiger partial charge in [-0.3, -0.25) is 9.59 Å². The third-order valence-corrected chi connectivity index (χ3v) is 12.9. The molecule has 5 heteroatoms. The average molecular weight is 819 g/mol. The van der Waals surface area contributed by atoms with E-state index in [0.29, 0.717) is 19.3 Å². The minimum atomic E-state index is -2.54. The van der Waals surface area contributed by atoms with Crippen molar-refractivity contribution in [1.82, 2.24) is 0 Å². The first-order valence-electron chi connectivity index (χ1n) is 26.1. The maximum Gasteiger partial charge on any atom is 0.212 e. The second kappa shape index (κ2) is 42.6. The van der Waals surface area contributed by atoms with Gasteiger partial charge >= 0.3 is 0 Å². The van der Waals surface area contributed by atoms with Crippen LogP contribution in [0.4, 0.5) is 0 Å². The Hall–Kier alpha value is -1.04. The monoisotopic (exact) mass is 819 g/mol. The molecule has 0 amide bonds. The number of carbonyl (C=O) groups is 2. The molecule has 0 heterocycles. The minimum absolute atomic E-state index is 0.0515. The largest absolute Gasteiger partial charge is 0.393 e. The van der Waals surface area contributed by atoms with Crippen molar-refractivity contribution < 1.29 is 24.9 Å². The molecule has 344 valence electrons. The third-order valence-electron chi connectivity index (χ3n) is 12.9. The van der Waals surface area contributed by atoms with Gasteiger partial charge in [-0.25, -0.2) is 0 Å². The second-order valence-electron chi connectivity index (χ2n) is 18.4. The van der Waals surface area contributed by atoms with Crippen LogP contribution in [0.15, 0.2) is 12.2 Å². The molecular weight excluding hydrogens is 717 g/mol. The highest BCUT2D eigenvalue weighted by Gasteiger charge is 2.58. The summed E-state index contributed by atoms with van der Waals surface area (Å²) in [5.41, 5.74) is -4.69. The van der Waals surface area contributed by atoms with Crippen molar-refractivity contribution in [2.45, 2.75) is 308 Å². The Labute approximate surface area is 362 Å². The highest BCUT2D eigenvalue weighted by atomic mass is 16.4. The lowest BCUT2D eigenvalue weighted by atomic mass is 9.71. The van der Waals surface area contributed by atoms with Gasteiger partial charge < -0.3 is 15.3 Å². The van der Waals surface area contributed by atoms with Crippen molar-refractivity contribution in [3.8, 4) is 0 Å². The van der Waals surface area contributed by atoms with Gasteiger partial charge in [0, 0.05) is 12.8 Å². The van der Waals surface area contributed by atoms with E-state index in [9.17, 15) is 24.9 Å². The van der Waals surface area contributed by atoms with E-state index in [2.05, 4.69) is 32.9 Å². The number of hydrogen-bond acceptors (Lipinski definition) is 5. The Morgan fingerprint density at radius 3 is 0.879 bits per heavy atom. The van der Waals surface area contributed by atoms with Crippen LogP contribution in [0.25, 0.3) is 0 Å². The van der Waals surface area contributed by atoms with Gasteiger partial charge in [-0.2, -0.15) is 0 Å². The molecule has 0 saturated carbocycles. The highest BCUT2D eigenvalue weighted by molar-refractivity contribution is 6.11. The summed E-state index contributed by atoms with van der Waals surface area (Å²) in [6, 6.07) is 0. The molecular formula is C53H102O5. The maximum absolute atomic E-state index is 13.8. The lowest BCUT2D eigenvalue weighted by molar-refractivity contribution is -0.192. The van der Waals surface area contributed by atoms with Crippen LogP contribution in [0.2, 0.25) is 0 Å². The molecule has 5 nitrogen and oxygen atoms in total. The molecule has 0 fully saturated rings. The molecule has 0 aliphatic carbocycles. The summed E-state index contributed by atoms with van der Waals surface area (Å²) in [5.74, 6) is -1.20. The quantitative estimate of drug-likeness (QED) is 0.0323. The molecule has 0 spiro atoms. The Kier molecular flexibility index (Phi) is 41.9. The molecule has 0 rings (SSSR count).